The van der Waals surface area contributed by atoms with Crippen molar-refractivity contribution in [3.63, 3.8) is 0 Å². The molecular weight excluding hydrogens is 104 g/mol. The molecule has 2 nitrogen and oxygen atoms in total. The van der Waals surface area contributed by atoms with Crippen molar-refractivity contribution in [1.29, 1.82) is 0 Å². The molecule has 0 aliphatic heterocycles. The Bertz CT molecular complexity index is 115. The van der Waals surface area contributed by atoms with Crippen LogP contribution in [0.5, 0.6) is 0 Å². The van der Waals surface area contributed by atoms with Crippen LogP contribution in [0.15, 0.2) is 0 Å². The maximum absolute atomic E-state index is 10.2. The number of carboxylic acid groups (broad SMARTS) is 1. The second-order valence-corrected chi connectivity index (χ2v) is 2.85. The molecule has 1 unspecified atom stereocenters. The molecule has 0 saturated heterocycles. The summed E-state index contributed by atoms with van der Waals surface area (Å²) >= 11 is 0. The van der Waals surface area contributed by atoms with Crippen LogP contribution in [0, 0.1) is 5.41 Å². The van der Waals surface area contributed by atoms with E-state index in [0.717, 1.165) is 0 Å². The van der Waals surface area contributed by atoms with Crippen LogP contribution in [0.25, 0.3) is 0 Å². The molecule has 0 fully saturated rings. The topological polar surface area (TPSA) is 37.3 Å². The average molecular weight is 117 g/mol. The molecule has 0 aromatic carbocycles. The summed E-state index contributed by atoms with van der Waals surface area (Å²) in [7, 11) is 0. The summed E-state index contributed by atoms with van der Waals surface area (Å²) in [4.78, 5) is 10.2. The second kappa shape index (κ2) is 2.16. The van der Waals surface area contributed by atoms with E-state index in [9.17, 15) is 4.79 Å². The molecule has 1 N–H and O–H groups in total. The van der Waals surface area contributed by atoms with Gasteiger partial charge in [0.2, 0.25) is 0 Å². The maximum Gasteiger partial charge on any atom is 0.303 e. The van der Waals surface area contributed by atoms with Gasteiger partial charge in [-0.3, -0.25) is 4.79 Å². The van der Waals surface area contributed by atoms with Gasteiger partial charge in [0.25, 0.3) is 0 Å². The van der Waals surface area contributed by atoms with Crippen molar-refractivity contribution in [1.82, 2.24) is 0 Å². The highest BCUT2D eigenvalue weighted by molar-refractivity contribution is 5.67. The lowest BCUT2D eigenvalue weighted by atomic mass is 9.93. The van der Waals surface area contributed by atoms with Gasteiger partial charge in [0.15, 0.2) is 0 Å². The van der Waals surface area contributed by atoms with Gasteiger partial charge in [0.1, 0.15) is 0 Å². The first kappa shape index (κ1) is 5.60. The highest BCUT2D eigenvalue weighted by Crippen LogP contribution is 2.17. The summed E-state index contributed by atoms with van der Waals surface area (Å²) in [6, 6.07) is 0. The van der Waals surface area contributed by atoms with Gasteiger partial charge in [-0.2, -0.15) is 0 Å². The lowest BCUT2D eigenvalue weighted by molar-refractivity contribution is -0.139. The molecule has 0 bridgehead atoms. The minimum Gasteiger partial charge on any atom is -0.481 e. The number of carboxylic acids is 1. The van der Waals surface area contributed by atoms with E-state index in [2.05, 4.69) is 0 Å². The molecule has 0 saturated carbocycles. The molecular formula is C6H12O2. The number of hydrogen-bond acceptors (Lipinski definition) is 1. The standard InChI is InChI=1S/C6H12O2/c1-6(2,3)4-5(7)8/h4H2,1-3H3,(H,7,8)/i4D. The summed E-state index contributed by atoms with van der Waals surface area (Å²) in [6.07, 6.45) is -1.02. The molecule has 1 atom stereocenters. The predicted molar refractivity (Wildman–Crippen MR) is 31.7 cm³/mol. The Balaban J connectivity index is 4.04. The van der Waals surface area contributed by atoms with Crippen LogP contribution in [-0.2, 0) is 4.79 Å². The molecule has 2 heteroatoms. The third-order valence-electron chi connectivity index (χ3n) is 0.556. The van der Waals surface area contributed by atoms with Gasteiger partial charge in [0.05, 0.1) is 6.40 Å². The van der Waals surface area contributed by atoms with E-state index >= 15 is 0 Å². The van der Waals surface area contributed by atoms with E-state index in [4.69, 9.17) is 6.48 Å². The van der Waals surface area contributed by atoms with Gasteiger partial charge in [-0.1, -0.05) is 20.8 Å². The number of hydrogen-bond donors (Lipinski definition) is 1. The summed E-state index contributed by atoms with van der Waals surface area (Å²) in [5.41, 5.74) is -0.453. The van der Waals surface area contributed by atoms with E-state index < -0.39 is 17.8 Å². The first-order valence-electron chi connectivity index (χ1n) is 3.08. The molecule has 0 radical (unpaired) electrons. The van der Waals surface area contributed by atoms with E-state index in [-0.39, 0.29) is 0 Å². The summed E-state index contributed by atoms with van der Waals surface area (Å²) in [5.74, 6) is -1.05. The number of carbonyl (C=O) groups is 1. The lowest BCUT2D eigenvalue weighted by Crippen LogP contribution is -2.11. The smallest absolute Gasteiger partial charge is 0.303 e. The fourth-order valence-corrected chi connectivity index (χ4v) is 0.370. The Hall–Kier alpha value is -0.530. The van der Waals surface area contributed by atoms with E-state index in [1.807, 2.05) is 0 Å². The molecule has 0 spiro atoms. The van der Waals surface area contributed by atoms with Crippen LogP contribution in [0.3, 0.4) is 0 Å². The highest BCUT2D eigenvalue weighted by Gasteiger charge is 2.13. The zero-order valence-corrected chi connectivity index (χ0v) is 5.43. The SMILES string of the molecule is [2H]C(C(=O)O)C(C)(C)C. The zero-order valence-electron chi connectivity index (χ0n) is 6.43. The minimum absolute atomic E-state index is 0.453. The maximum atomic E-state index is 10.2. The summed E-state index contributed by atoms with van der Waals surface area (Å²) in [5, 5.41) is 8.33. The van der Waals surface area contributed by atoms with Crippen molar-refractivity contribution < 1.29 is 11.3 Å². The second-order valence-electron chi connectivity index (χ2n) is 2.85. The minimum atomic E-state index is -1.05. The quantitative estimate of drug-likeness (QED) is 0.565. The first-order chi connectivity index (χ1) is 3.85. The van der Waals surface area contributed by atoms with Crippen LogP contribution in [-0.4, -0.2) is 11.1 Å². The van der Waals surface area contributed by atoms with Crippen LogP contribution < -0.4 is 0 Å². The molecule has 0 aromatic rings. The Morgan fingerprint density at radius 1 is 1.75 bits per heavy atom. The largest absolute Gasteiger partial charge is 0.481 e. The Morgan fingerprint density at radius 2 is 2.12 bits per heavy atom. The van der Waals surface area contributed by atoms with Crippen molar-refractivity contribution in [2.45, 2.75) is 27.2 Å². The van der Waals surface area contributed by atoms with Crippen molar-refractivity contribution >= 4 is 5.97 Å². The van der Waals surface area contributed by atoms with Crippen molar-refractivity contribution in [3.05, 3.63) is 0 Å². The highest BCUT2D eigenvalue weighted by atomic mass is 16.4. The first-order valence-corrected chi connectivity index (χ1v) is 2.51. The van der Waals surface area contributed by atoms with E-state index in [0.29, 0.717) is 0 Å². The predicted octanol–water partition coefficient (Wildman–Crippen LogP) is 1.51. The van der Waals surface area contributed by atoms with Gasteiger partial charge >= 0.3 is 5.97 Å². The molecule has 8 heavy (non-hydrogen) atoms. The molecule has 0 rings (SSSR count). The molecule has 48 valence electrons. The third-order valence-corrected chi connectivity index (χ3v) is 0.556. The Kier molecular flexibility index (Phi) is 1.51. The van der Waals surface area contributed by atoms with E-state index in [1.165, 1.54) is 0 Å². The van der Waals surface area contributed by atoms with Gasteiger partial charge < -0.3 is 5.11 Å². The van der Waals surface area contributed by atoms with Crippen LogP contribution in [0.2, 0.25) is 0 Å². The molecule has 0 aliphatic carbocycles. The molecule has 0 aliphatic rings. The Morgan fingerprint density at radius 3 is 2.12 bits per heavy atom. The van der Waals surface area contributed by atoms with Crippen LogP contribution in [0.1, 0.15) is 28.5 Å². The third kappa shape index (κ3) is 5.47. The number of rotatable bonds is 1. The zero-order chi connectivity index (χ0) is 7.65. The summed E-state index contributed by atoms with van der Waals surface area (Å²) in [6.45, 7) is 5.20. The average Bonchev–Trinajstić information content (AvgIpc) is 1.62. The fourth-order valence-electron chi connectivity index (χ4n) is 0.370. The molecule has 0 amide bonds. The van der Waals surface area contributed by atoms with Crippen molar-refractivity contribution in [3.8, 4) is 0 Å². The normalized spacial score (nSPS) is 17.1. The fraction of sp³-hybridized carbons (Fsp3) is 0.833. The molecule has 0 heterocycles. The lowest BCUT2D eigenvalue weighted by Gasteiger charge is -2.13. The summed E-state index contributed by atoms with van der Waals surface area (Å²) < 4.78 is 7.08. The van der Waals surface area contributed by atoms with Crippen molar-refractivity contribution in [2.24, 2.45) is 5.41 Å². The number of aliphatic carboxylic acids is 1. The van der Waals surface area contributed by atoms with Crippen LogP contribution in [0.4, 0.5) is 0 Å². The van der Waals surface area contributed by atoms with Crippen molar-refractivity contribution in [2.75, 3.05) is 0 Å². The van der Waals surface area contributed by atoms with Gasteiger partial charge in [0, 0.05) is 1.37 Å². The van der Waals surface area contributed by atoms with Crippen LogP contribution >= 0.6 is 0 Å². The van der Waals surface area contributed by atoms with E-state index in [1.54, 1.807) is 20.8 Å². The monoisotopic (exact) mass is 117 g/mol. The molecule has 0 aromatic heterocycles. The van der Waals surface area contributed by atoms with Gasteiger partial charge in [-0.15, -0.1) is 0 Å². The Labute approximate surface area is 50.9 Å². The van der Waals surface area contributed by atoms with Gasteiger partial charge in [-0.05, 0) is 5.41 Å². The van der Waals surface area contributed by atoms with Gasteiger partial charge in [-0.25, -0.2) is 0 Å².